The smallest absolute Gasteiger partial charge is 0.242 e. The molecular weight excluding hydrogens is 392 g/mol. The Morgan fingerprint density at radius 2 is 1.93 bits per heavy atom. The van der Waals surface area contributed by atoms with E-state index in [-0.39, 0.29) is 11.9 Å². The second-order valence-corrected chi connectivity index (χ2v) is 7.89. The second kappa shape index (κ2) is 9.87. The fourth-order valence-electron chi connectivity index (χ4n) is 3.22. The van der Waals surface area contributed by atoms with E-state index in [1.54, 1.807) is 0 Å². The maximum absolute atomic E-state index is 12.5. The Balaban J connectivity index is 1.41. The number of carbonyl (C=O) groups is 1. The number of rotatable bonds is 6. The first-order chi connectivity index (χ1) is 13.5. The summed E-state index contributed by atoms with van der Waals surface area (Å²) in [5.41, 5.74) is 2.12. The Morgan fingerprint density at radius 3 is 2.64 bits per heavy atom. The summed E-state index contributed by atoms with van der Waals surface area (Å²) in [5, 5.41) is 10.4. The van der Waals surface area contributed by atoms with Gasteiger partial charge in [-0.2, -0.15) is 0 Å². The number of hydrogen-bond donors (Lipinski definition) is 3. The zero-order valence-electron chi connectivity index (χ0n) is 15.8. The average Bonchev–Trinajstić information content (AvgIpc) is 3.11. The molecular formula is C21H25ClN4OS. The maximum atomic E-state index is 12.5. The van der Waals surface area contributed by atoms with E-state index in [0.717, 1.165) is 36.8 Å². The molecule has 5 nitrogen and oxygen atoms in total. The molecule has 1 aliphatic rings. The van der Waals surface area contributed by atoms with Crippen LogP contribution in [0.3, 0.4) is 0 Å². The number of carbonyl (C=O) groups excluding carboxylic acids is 1. The van der Waals surface area contributed by atoms with E-state index in [2.05, 4.69) is 20.9 Å². The predicted molar refractivity (Wildman–Crippen MR) is 119 cm³/mol. The van der Waals surface area contributed by atoms with Crippen molar-refractivity contribution < 1.29 is 4.79 Å². The van der Waals surface area contributed by atoms with E-state index >= 15 is 0 Å². The van der Waals surface area contributed by atoms with Crippen molar-refractivity contribution >= 4 is 40.5 Å². The van der Waals surface area contributed by atoms with Crippen LogP contribution in [0.15, 0.2) is 54.6 Å². The summed E-state index contributed by atoms with van der Waals surface area (Å²) >= 11 is 11.2. The minimum atomic E-state index is -0.408. The van der Waals surface area contributed by atoms with Crippen molar-refractivity contribution in [3.63, 3.8) is 0 Å². The van der Waals surface area contributed by atoms with Gasteiger partial charge in [0.2, 0.25) is 5.91 Å². The Labute approximate surface area is 176 Å². The molecule has 2 aromatic rings. The lowest BCUT2D eigenvalue weighted by Crippen LogP contribution is -2.49. The molecule has 3 N–H and O–H groups in total. The van der Waals surface area contributed by atoms with Gasteiger partial charge in [-0.25, -0.2) is 0 Å². The Kier molecular flexibility index (Phi) is 7.25. The maximum Gasteiger partial charge on any atom is 0.242 e. The predicted octanol–water partition coefficient (Wildman–Crippen LogP) is 3.41. The van der Waals surface area contributed by atoms with Gasteiger partial charge in [-0.3, -0.25) is 9.69 Å². The second-order valence-electron chi connectivity index (χ2n) is 7.04. The topological polar surface area (TPSA) is 56.4 Å². The van der Waals surface area contributed by atoms with Gasteiger partial charge in [-0.15, -0.1) is 0 Å². The molecule has 0 saturated carbocycles. The van der Waals surface area contributed by atoms with Crippen LogP contribution >= 0.6 is 23.8 Å². The zero-order valence-corrected chi connectivity index (χ0v) is 17.4. The molecule has 148 valence electrons. The third-order valence-electron chi connectivity index (χ3n) is 4.71. The Morgan fingerprint density at radius 1 is 1.21 bits per heavy atom. The molecule has 0 radical (unpaired) electrons. The molecule has 0 aliphatic carbocycles. The number of amides is 1. The van der Waals surface area contributed by atoms with Crippen molar-refractivity contribution in [1.29, 1.82) is 0 Å². The zero-order chi connectivity index (χ0) is 19.9. The first kappa shape index (κ1) is 20.6. The van der Waals surface area contributed by atoms with E-state index in [0.29, 0.717) is 5.11 Å². The quantitative estimate of drug-likeness (QED) is 0.630. The van der Waals surface area contributed by atoms with Crippen LogP contribution in [0.4, 0.5) is 5.69 Å². The van der Waals surface area contributed by atoms with Gasteiger partial charge in [0.15, 0.2) is 5.11 Å². The molecule has 1 saturated heterocycles. The number of thiocarbonyl (C=S) groups is 1. The minimum Gasteiger partial charge on any atom is -0.351 e. The number of nitrogens with one attached hydrogen (secondary N) is 3. The summed E-state index contributed by atoms with van der Waals surface area (Å²) in [5.74, 6) is -0.0458. The normalized spacial score (nSPS) is 17.7. The summed E-state index contributed by atoms with van der Waals surface area (Å²) in [6.45, 7) is 4.48. The Hall–Kier alpha value is -2.15. The Bertz CT molecular complexity index is 800. The molecule has 0 unspecified atom stereocenters. The standard InChI is InChI=1S/C21H25ClN4OS/c1-15(23-21(28)25-18-5-3-2-4-6-18)20(27)24-19-11-12-26(14-19)13-16-7-9-17(22)10-8-16/h2-10,15,19H,11-14H2,1H3,(H,24,27)(H2,23,25,28)/t15-,19-/m0/s1. The number of nitrogens with zero attached hydrogens (tertiary/aromatic N) is 1. The fourth-order valence-corrected chi connectivity index (χ4v) is 3.64. The molecule has 1 fully saturated rings. The van der Waals surface area contributed by atoms with E-state index < -0.39 is 6.04 Å². The number of halogens is 1. The van der Waals surface area contributed by atoms with Crippen molar-refractivity contribution in [2.24, 2.45) is 0 Å². The summed E-state index contributed by atoms with van der Waals surface area (Å²) in [6.07, 6.45) is 0.943. The van der Waals surface area contributed by atoms with Gasteiger partial charge in [0.05, 0.1) is 0 Å². The van der Waals surface area contributed by atoms with Crippen molar-refractivity contribution in [2.45, 2.75) is 32.0 Å². The molecule has 1 amide bonds. The van der Waals surface area contributed by atoms with Crippen molar-refractivity contribution in [1.82, 2.24) is 15.5 Å². The first-order valence-corrected chi connectivity index (χ1v) is 10.2. The number of anilines is 1. The van der Waals surface area contributed by atoms with Crippen LogP contribution in [-0.4, -0.2) is 41.1 Å². The van der Waals surface area contributed by atoms with E-state index in [9.17, 15) is 4.79 Å². The van der Waals surface area contributed by atoms with Crippen molar-refractivity contribution in [2.75, 3.05) is 18.4 Å². The third kappa shape index (κ3) is 6.19. The molecule has 2 aromatic carbocycles. The monoisotopic (exact) mass is 416 g/mol. The van der Waals surface area contributed by atoms with Gasteiger partial charge in [-0.05, 0) is 55.4 Å². The van der Waals surface area contributed by atoms with Gasteiger partial charge in [0.1, 0.15) is 6.04 Å². The van der Waals surface area contributed by atoms with Crippen LogP contribution in [0.25, 0.3) is 0 Å². The van der Waals surface area contributed by atoms with E-state index in [1.807, 2.05) is 61.5 Å². The molecule has 3 rings (SSSR count). The summed E-state index contributed by atoms with van der Waals surface area (Å²) < 4.78 is 0. The molecule has 2 atom stereocenters. The fraction of sp³-hybridized carbons (Fsp3) is 0.333. The molecule has 1 heterocycles. The number of para-hydroxylation sites is 1. The van der Waals surface area contributed by atoms with Crippen LogP contribution in [0.1, 0.15) is 18.9 Å². The molecule has 1 aliphatic heterocycles. The van der Waals surface area contributed by atoms with Crippen LogP contribution < -0.4 is 16.0 Å². The highest BCUT2D eigenvalue weighted by molar-refractivity contribution is 7.80. The summed E-state index contributed by atoms with van der Waals surface area (Å²) in [4.78, 5) is 14.8. The van der Waals surface area contributed by atoms with Crippen LogP contribution in [-0.2, 0) is 11.3 Å². The molecule has 0 spiro atoms. The highest BCUT2D eigenvalue weighted by Gasteiger charge is 2.25. The third-order valence-corrected chi connectivity index (χ3v) is 5.18. The first-order valence-electron chi connectivity index (χ1n) is 9.39. The van der Waals surface area contributed by atoms with E-state index in [4.69, 9.17) is 23.8 Å². The lowest BCUT2D eigenvalue weighted by Gasteiger charge is -2.20. The minimum absolute atomic E-state index is 0.0458. The van der Waals surface area contributed by atoms with E-state index in [1.165, 1.54) is 5.56 Å². The highest BCUT2D eigenvalue weighted by Crippen LogP contribution is 2.16. The molecule has 0 aromatic heterocycles. The summed E-state index contributed by atoms with van der Waals surface area (Å²) in [6, 6.07) is 17.3. The van der Waals surface area contributed by atoms with Crippen LogP contribution in [0.5, 0.6) is 0 Å². The van der Waals surface area contributed by atoms with Crippen molar-refractivity contribution in [3.8, 4) is 0 Å². The molecule has 28 heavy (non-hydrogen) atoms. The van der Waals surface area contributed by atoms with Gasteiger partial charge in [0.25, 0.3) is 0 Å². The lowest BCUT2D eigenvalue weighted by molar-refractivity contribution is -0.123. The highest BCUT2D eigenvalue weighted by atomic mass is 35.5. The lowest BCUT2D eigenvalue weighted by atomic mass is 10.2. The molecule has 7 heteroatoms. The van der Waals surface area contributed by atoms with Gasteiger partial charge < -0.3 is 16.0 Å². The molecule has 0 bridgehead atoms. The van der Waals surface area contributed by atoms with Crippen LogP contribution in [0, 0.1) is 0 Å². The van der Waals surface area contributed by atoms with Gasteiger partial charge in [-0.1, -0.05) is 41.9 Å². The van der Waals surface area contributed by atoms with Gasteiger partial charge in [0, 0.05) is 36.4 Å². The number of benzene rings is 2. The largest absolute Gasteiger partial charge is 0.351 e. The summed E-state index contributed by atoms with van der Waals surface area (Å²) in [7, 11) is 0. The average molecular weight is 417 g/mol. The number of hydrogen-bond acceptors (Lipinski definition) is 3. The SMILES string of the molecule is C[C@H](NC(=S)Nc1ccccc1)C(=O)N[C@H]1CCN(Cc2ccc(Cl)cc2)C1. The number of likely N-dealkylation sites (tertiary alicyclic amines) is 1. The van der Waals surface area contributed by atoms with Crippen molar-refractivity contribution in [3.05, 3.63) is 65.2 Å². The van der Waals surface area contributed by atoms with Crippen LogP contribution in [0.2, 0.25) is 5.02 Å². The van der Waals surface area contributed by atoms with Gasteiger partial charge >= 0.3 is 0 Å².